The van der Waals surface area contributed by atoms with Gasteiger partial charge in [0, 0.05) is 24.4 Å². The Morgan fingerprint density at radius 3 is 2.50 bits per heavy atom. The van der Waals surface area contributed by atoms with Crippen LogP contribution in [0.1, 0.15) is 5.56 Å². The lowest BCUT2D eigenvalue weighted by Crippen LogP contribution is -2.19. The van der Waals surface area contributed by atoms with Crippen LogP contribution in [0.3, 0.4) is 0 Å². The topological polar surface area (TPSA) is 12.0 Å². The van der Waals surface area contributed by atoms with E-state index in [-0.39, 0.29) is 36.4 Å². The molecular weight excluding hydrogens is 242 g/mol. The first-order valence-electron chi connectivity index (χ1n) is 4.64. The van der Waals surface area contributed by atoms with Gasteiger partial charge < -0.3 is 5.32 Å². The van der Waals surface area contributed by atoms with Crippen LogP contribution in [0.2, 0.25) is 0 Å². The molecule has 1 N–H and O–H groups in total. The molecule has 6 heteroatoms. The van der Waals surface area contributed by atoms with Crippen molar-refractivity contribution in [1.82, 2.24) is 5.32 Å². The Labute approximate surface area is 95.2 Å². The van der Waals surface area contributed by atoms with Gasteiger partial charge in [-0.05, 0) is 17.8 Å². The molecular formula is C10H11F4NS. The second-order valence-corrected chi connectivity index (χ2v) is 4.22. The minimum absolute atomic E-state index is 0.0715. The number of hydrogen-bond acceptors (Lipinski definition) is 2. The summed E-state index contributed by atoms with van der Waals surface area (Å²) in [5.41, 5.74) is -3.74. The maximum Gasteiger partial charge on any atom is 0.441 e. The van der Waals surface area contributed by atoms with E-state index in [9.17, 15) is 17.6 Å². The summed E-state index contributed by atoms with van der Waals surface area (Å²) in [4.78, 5) is 0. The van der Waals surface area contributed by atoms with Crippen LogP contribution in [-0.2, 0) is 6.54 Å². The zero-order chi connectivity index (χ0) is 12.0. The summed E-state index contributed by atoms with van der Waals surface area (Å²) in [5, 5.41) is 2.75. The molecule has 90 valence electrons. The maximum absolute atomic E-state index is 13.1. The van der Waals surface area contributed by atoms with Crippen LogP contribution in [0.5, 0.6) is 0 Å². The Morgan fingerprint density at radius 2 is 1.88 bits per heavy atom. The van der Waals surface area contributed by atoms with E-state index in [4.69, 9.17) is 0 Å². The third kappa shape index (κ3) is 5.37. The summed E-state index contributed by atoms with van der Waals surface area (Å²) in [6.07, 6.45) is 0. The fraction of sp³-hybridized carbons (Fsp3) is 0.400. The van der Waals surface area contributed by atoms with Gasteiger partial charge in [0.1, 0.15) is 5.82 Å². The van der Waals surface area contributed by atoms with Crippen molar-refractivity contribution in [3.63, 3.8) is 0 Å². The highest BCUT2D eigenvalue weighted by Gasteiger charge is 2.27. The molecule has 0 amide bonds. The van der Waals surface area contributed by atoms with Gasteiger partial charge >= 0.3 is 5.51 Å². The zero-order valence-electron chi connectivity index (χ0n) is 8.35. The average Bonchev–Trinajstić information content (AvgIpc) is 2.18. The summed E-state index contributed by atoms with van der Waals surface area (Å²) in [5.74, 6) is -0.420. The van der Waals surface area contributed by atoms with Crippen molar-refractivity contribution in [1.29, 1.82) is 0 Å². The highest BCUT2D eigenvalue weighted by Crippen LogP contribution is 2.29. The second kappa shape index (κ2) is 6.10. The molecule has 0 aliphatic rings. The number of alkyl halides is 3. The summed E-state index contributed by atoms with van der Waals surface area (Å²) in [7, 11) is 0. The third-order valence-electron chi connectivity index (χ3n) is 1.82. The van der Waals surface area contributed by atoms with E-state index in [0.717, 1.165) is 0 Å². The fourth-order valence-electron chi connectivity index (χ4n) is 1.10. The number of hydrogen-bond donors (Lipinski definition) is 1. The van der Waals surface area contributed by atoms with E-state index in [0.29, 0.717) is 5.56 Å². The summed E-state index contributed by atoms with van der Waals surface area (Å²) >= 11 is -0.0833. The van der Waals surface area contributed by atoms with E-state index in [1.807, 2.05) is 0 Å². The number of halogens is 4. The molecule has 0 bridgehead atoms. The Morgan fingerprint density at radius 1 is 1.19 bits per heavy atom. The van der Waals surface area contributed by atoms with Gasteiger partial charge in [-0.1, -0.05) is 18.2 Å². The summed E-state index contributed by atoms with van der Waals surface area (Å²) < 4.78 is 48.3. The molecule has 1 aromatic rings. The Balaban J connectivity index is 2.19. The van der Waals surface area contributed by atoms with Crippen molar-refractivity contribution in [2.75, 3.05) is 12.3 Å². The molecule has 0 aromatic heterocycles. The largest absolute Gasteiger partial charge is 0.441 e. The Kier molecular flexibility index (Phi) is 5.08. The third-order valence-corrected chi connectivity index (χ3v) is 2.55. The van der Waals surface area contributed by atoms with Crippen molar-refractivity contribution in [2.24, 2.45) is 0 Å². The first kappa shape index (κ1) is 13.3. The minimum Gasteiger partial charge on any atom is -0.312 e. The molecule has 16 heavy (non-hydrogen) atoms. The first-order chi connectivity index (χ1) is 7.49. The molecule has 1 rings (SSSR count). The second-order valence-electron chi connectivity index (χ2n) is 3.06. The highest BCUT2D eigenvalue weighted by atomic mass is 32.2. The monoisotopic (exact) mass is 253 g/mol. The van der Waals surface area contributed by atoms with Crippen molar-refractivity contribution in [3.8, 4) is 0 Å². The number of rotatable bonds is 5. The molecule has 0 spiro atoms. The molecule has 0 atom stereocenters. The lowest BCUT2D eigenvalue weighted by molar-refractivity contribution is -0.0327. The van der Waals surface area contributed by atoms with Gasteiger partial charge in [0.15, 0.2) is 0 Å². The van der Waals surface area contributed by atoms with Crippen molar-refractivity contribution in [2.45, 2.75) is 12.1 Å². The van der Waals surface area contributed by atoms with Gasteiger partial charge in [0.25, 0.3) is 0 Å². The number of nitrogens with one attached hydrogen (secondary N) is 1. The van der Waals surface area contributed by atoms with Crippen molar-refractivity contribution < 1.29 is 17.6 Å². The van der Waals surface area contributed by atoms with Gasteiger partial charge in [0.2, 0.25) is 0 Å². The molecule has 0 saturated heterocycles. The lowest BCUT2D eigenvalue weighted by Gasteiger charge is -2.07. The van der Waals surface area contributed by atoms with Crippen LogP contribution in [-0.4, -0.2) is 17.8 Å². The summed E-state index contributed by atoms with van der Waals surface area (Å²) in [6.45, 7) is 0.434. The highest BCUT2D eigenvalue weighted by molar-refractivity contribution is 8.00. The predicted octanol–water partition coefficient (Wildman–Crippen LogP) is 3.17. The van der Waals surface area contributed by atoms with Crippen LogP contribution < -0.4 is 5.32 Å². The van der Waals surface area contributed by atoms with E-state index < -0.39 is 5.51 Å². The van der Waals surface area contributed by atoms with E-state index >= 15 is 0 Å². The van der Waals surface area contributed by atoms with Crippen LogP contribution in [0.25, 0.3) is 0 Å². The molecule has 0 unspecified atom stereocenters. The van der Waals surface area contributed by atoms with Crippen LogP contribution >= 0.6 is 11.8 Å². The average molecular weight is 253 g/mol. The Bertz CT molecular complexity index is 327. The van der Waals surface area contributed by atoms with E-state index in [1.165, 1.54) is 6.07 Å². The van der Waals surface area contributed by atoms with E-state index in [2.05, 4.69) is 5.32 Å². The van der Waals surface area contributed by atoms with Gasteiger partial charge in [-0.2, -0.15) is 13.2 Å². The fourth-order valence-corrected chi connectivity index (χ4v) is 1.58. The normalized spacial score (nSPS) is 11.8. The predicted molar refractivity (Wildman–Crippen MR) is 56.6 cm³/mol. The van der Waals surface area contributed by atoms with Gasteiger partial charge in [0.05, 0.1) is 0 Å². The molecule has 1 aromatic carbocycles. The van der Waals surface area contributed by atoms with Crippen LogP contribution in [0, 0.1) is 5.82 Å². The zero-order valence-corrected chi connectivity index (χ0v) is 9.17. The molecule has 0 aliphatic carbocycles. The van der Waals surface area contributed by atoms with Crippen LogP contribution in [0.15, 0.2) is 24.3 Å². The molecule has 0 heterocycles. The maximum atomic E-state index is 13.1. The van der Waals surface area contributed by atoms with Crippen molar-refractivity contribution in [3.05, 3.63) is 35.6 Å². The van der Waals surface area contributed by atoms with Crippen LogP contribution in [0.4, 0.5) is 17.6 Å². The molecule has 0 radical (unpaired) electrons. The number of benzene rings is 1. The smallest absolute Gasteiger partial charge is 0.312 e. The molecule has 0 aliphatic heterocycles. The SMILES string of the molecule is Fc1ccccc1CNCCSC(F)(F)F. The van der Waals surface area contributed by atoms with Crippen molar-refractivity contribution >= 4 is 11.8 Å². The van der Waals surface area contributed by atoms with Gasteiger partial charge in [-0.15, -0.1) is 0 Å². The molecule has 0 saturated carbocycles. The summed E-state index contributed by atoms with van der Waals surface area (Å²) in [6, 6.07) is 6.17. The minimum atomic E-state index is -4.19. The Hall–Kier alpha value is -0.750. The number of thioether (sulfide) groups is 1. The van der Waals surface area contributed by atoms with Gasteiger partial charge in [-0.3, -0.25) is 0 Å². The van der Waals surface area contributed by atoms with E-state index in [1.54, 1.807) is 18.2 Å². The standard InChI is InChI=1S/C10H11F4NS/c11-9-4-2-1-3-8(9)7-15-5-6-16-10(12,13)14/h1-4,15H,5-7H2. The molecule has 0 fully saturated rings. The first-order valence-corrected chi connectivity index (χ1v) is 5.62. The lowest BCUT2D eigenvalue weighted by atomic mass is 10.2. The van der Waals surface area contributed by atoms with Gasteiger partial charge in [-0.25, -0.2) is 4.39 Å². The quantitative estimate of drug-likeness (QED) is 0.639. The molecule has 1 nitrogen and oxygen atoms in total.